The number of hydrogen-bond donors (Lipinski definition) is 2. The van der Waals surface area contributed by atoms with E-state index in [1.165, 1.54) is 17.0 Å². The van der Waals surface area contributed by atoms with Crippen LogP contribution in [0.5, 0.6) is 0 Å². The van der Waals surface area contributed by atoms with E-state index in [0.717, 1.165) is 10.4 Å². The number of nitrogens with zero attached hydrogens (tertiary/aromatic N) is 2. The molecule has 1 aliphatic heterocycles. The molecule has 2 N–H and O–H groups in total. The zero-order chi connectivity index (χ0) is 18.1. The third kappa shape index (κ3) is 4.28. The van der Waals surface area contributed by atoms with E-state index < -0.39 is 22.1 Å². The van der Waals surface area contributed by atoms with Crippen molar-refractivity contribution in [1.82, 2.24) is 4.90 Å². The van der Waals surface area contributed by atoms with Gasteiger partial charge in [0.2, 0.25) is 0 Å². The van der Waals surface area contributed by atoms with Crippen molar-refractivity contribution in [3.8, 4) is 0 Å². The first-order chi connectivity index (χ1) is 11.0. The SMILES string of the molecule is CC(C)(C)CN(CCCN1c2ccc(F)cc2NS1(=O)=O)C(=O)O. The Hall–Kier alpha value is -2.03. The minimum Gasteiger partial charge on any atom is -0.465 e. The molecule has 0 spiro atoms. The van der Waals surface area contributed by atoms with Crippen molar-refractivity contribution in [3.63, 3.8) is 0 Å². The van der Waals surface area contributed by atoms with Crippen molar-refractivity contribution in [2.75, 3.05) is 28.7 Å². The van der Waals surface area contributed by atoms with Gasteiger partial charge in [0.1, 0.15) is 5.82 Å². The number of anilines is 2. The summed E-state index contributed by atoms with van der Waals surface area (Å²) in [5.74, 6) is -0.527. The van der Waals surface area contributed by atoms with Crippen molar-refractivity contribution in [2.24, 2.45) is 5.41 Å². The van der Waals surface area contributed by atoms with Crippen LogP contribution >= 0.6 is 0 Å². The van der Waals surface area contributed by atoms with Crippen LogP contribution in [0, 0.1) is 11.2 Å². The van der Waals surface area contributed by atoms with Crippen molar-refractivity contribution < 1.29 is 22.7 Å². The first-order valence-electron chi connectivity index (χ1n) is 7.57. The van der Waals surface area contributed by atoms with Gasteiger partial charge in [-0.2, -0.15) is 8.42 Å². The first-order valence-corrected chi connectivity index (χ1v) is 9.01. The summed E-state index contributed by atoms with van der Waals surface area (Å²) in [5, 5.41) is 9.26. The van der Waals surface area contributed by atoms with Gasteiger partial charge in [-0.3, -0.25) is 9.03 Å². The summed E-state index contributed by atoms with van der Waals surface area (Å²) in [6.45, 7) is 6.49. The molecule has 1 aromatic carbocycles. The van der Waals surface area contributed by atoms with E-state index >= 15 is 0 Å². The molecule has 0 radical (unpaired) electrons. The molecule has 1 amide bonds. The topological polar surface area (TPSA) is 90.0 Å². The molecule has 9 heteroatoms. The fourth-order valence-corrected chi connectivity index (χ4v) is 3.93. The summed E-state index contributed by atoms with van der Waals surface area (Å²) in [5.41, 5.74) is 0.373. The highest BCUT2D eigenvalue weighted by Gasteiger charge is 2.32. The van der Waals surface area contributed by atoms with Gasteiger partial charge in [0.15, 0.2) is 0 Å². The van der Waals surface area contributed by atoms with Gasteiger partial charge in [-0.15, -0.1) is 0 Å². The standard InChI is InChI=1S/C15H22FN3O4S/c1-15(2,3)10-18(14(20)21)7-4-8-19-13-6-5-11(16)9-12(13)17-24(19,22)23/h5-6,9,17H,4,7-8,10H2,1-3H3,(H,20,21). The Morgan fingerprint density at radius 3 is 2.62 bits per heavy atom. The molecule has 1 heterocycles. The van der Waals surface area contributed by atoms with Gasteiger partial charge in [-0.1, -0.05) is 20.8 Å². The fraction of sp³-hybridized carbons (Fsp3) is 0.533. The maximum atomic E-state index is 13.2. The minimum absolute atomic E-state index is 0.113. The van der Waals surface area contributed by atoms with Crippen molar-refractivity contribution in [3.05, 3.63) is 24.0 Å². The number of carbonyl (C=O) groups is 1. The number of hydrogen-bond acceptors (Lipinski definition) is 3. The third-order valence-corrected chi connectivity index (χ3v) is 4.92. The lowest BCUT2D eigenvalue weighted by Gasteiger charge is -2.28. The summed E-state index contributed by atoms with van der Waals surface area (Å²) in [6.07, 6.45) is -0.699. The number of rotatable bonds is 5. The lowest BCUT2D eigenvalue weighted by Crippen LogP contribution is -2.39. The molecule has 7 nitrogen and oxygen atoms in total. The molecule has 134 valence electrons. The van der Waals surface area contributed by atoms with Crippen molar-refractivity contribution in [1.29, 1.82) is 0 Å². The normalized spacial score (nSPS) is 15.8. The van der Waals surface area contributed by atoms with Crippen LogP contribution in [-0.4, -0.2) is 44.2 Å². The minimum atomic E-state index is -3.77. The second-order valence-electron chi connectivity index (χ2n) is 6.96. The highest BCUT2D eigenvalue weighted by atomic mass is 32.2. The summed E-state index contributed by atoms with van der Waals surface area (Å²) >= 11 is 0. The molecule has 0 saturated carbocycles. The summed E-state index contributed by atoms with van der Waals surface area (Å²) < 4.78 is 40.9. The van der Waals surface area contributed by atoms with Crippen LogP contribution in [0.25, 0.3) is 0 Å². The Morgan fingerprint density at radius 1 is 1.38 bits per heavy atom. The average Bonchev–Trinajstić information content (AvgIpc) is 2.65. The number of benzene rings is 1. The highest BCUT2D eigenvalue weighted by Crippen LogP contribution is 2.36. The molecule has 0 fully saturated rings. The smallest absolute Gasteiger partial charge is 0.407 e. The first kappa shape index (κ1) is 18.3. The van der Waals surface area contributed by atoms with E-state index in [0.29, 0.717) is 18.7 Å². The fourth-order valence-electron chi connectivity index (χ4n) is 2.59. The van der Waals surface area contributed by atoms with Gasteiger partial charge < -0.3 is 10.0 Å². The molecule has 1 aromatic rings. The predicted octanol–water partition coefficient (Wildman–Crippen LogP) is 2.72. The molecule has 0 bridgehead atoms. The van der Waals surface area contributed by atoms with E-state index in [4.69, 9.17) is 0 Å². The van der Waals surface area contributed by atoms with E-state index in [9.17, 15) is 22.7 Å². The summed E-state index contributed by atoms with van der Waals surface area (Å²) in [6, 6.07) is 3.71. The number of amides is 1. The maximum Gasteiger partial charge on any atom is 0.407 e. The molecule has 2 rings (SSSR count). The molecule has 0 atom stereocenters. The van der Waals surface area contributed by atoms with E-state index in [1.807, 2.05) is 20.8 Å². The lowest BCUT2D eigenvalue weighted by atomic mass is 9.96. The van der Waals surface area contributed by atoms with Crippen LogP contribution in [0.15, 0.2) is 18.2 Å². The average molecular weight is 359 g/mol. The molecule has 0 unspecified atom stereocenters. The maximum absolute atomic E-state index is 13.2. The number of halogens is 1. The molecule has 0 aliphatic carbocycles. The second-order valence-corrected chi connectivity index (χ2v) is 8.55. The van der Waals surface area contributed by atoms with Crippen LogP contribution < -0.4 is 9.03 Å². The van der Waals surface area contributed by atoms with Gasteiger partial charge in [0.25, 0.3) is 0 Å². The van der Waals surface area contributed by atoms with Gasteiger partial charge in [-0.25, -0.2) is 9.18 Å². The Kier molecular flexibility index (Phi) is 4.93. The summed E-state index contributed by atoms with van der Waals surface area (Å²) in [7, 11) is -3.77. The number of fused-ring (bicyclic) bond motifs is 1. The lowest BCUT2D eigenvalue weighted by molar-refractivity contribution is 0.126. The van der Waals surface area contributed by atoms with Gasteiger partial charge >= 0.3 is 16.3 Å². The predicted molar refractivity (Wildman–Crippen MR) is 90.0 cm³/mol. The van der Waals surface area contributed by atoms with E-state index in [2.05, 4.69) is 4.72 Å². The molecular weight excluding hydrogens is 337 g/mol. The monoisotopic (exact) mass is 359 g/mol. The van der Waals surface area contributed by atoms with Crippen molar-refractivity contribution in [2.45, 2.75) is 27.2 Å². The molecule has 24 heavy (non-hydrogen) atoms. The Morgan fingerprint density at radius 2 is 2.04 bits per heavy atom. The largest absolute Gasteiger partial charge is 0.465 e. The zero-order valence-electron chi connectivity index (χ0n) is 13.9. The van der Waals surface area contributed by atoms with Gasteiger partial charge in [0, 0.05) is 25.7 Å². The van der Waals surface area contributed by atoms with Crippen LogP contribution in [-0.2, 0) is 10.2 Å². The third-order valence-electron chi connectivity index (χ3n) is 3.48. The van der Waals surface area contributed by atoms with Crippen LogP contribution in [0.4, 0.5) is 20.6 Å². The van der Waals surface area contributed by atoms with Crippen LogP contribution in [0.1, 0.15) is 27.2 Å². The number of nitrogens with one attached hydrogen (secondary N) is 1. The van der Waals surface area contributed by atoms with E-state index in [1.54, 1.807) is 0 Å². The van der Waals surface area contributed by atoms with E-state index in [-0.39, 0.29) is 24.2 Å². The highest BCUT2D eigenvalue weighted by molar-refractivity contribution is 7.94. The molecule has 0 aromatic heterocycles. The van der Waals surface area contributed by atoms with Crippen LogP contribution in [0.2, 0.25) is 0 Å². The Labute approximate surface area is 141 Å². The van der Waals surface area contributed by atoms with Crippen LogP contribution in [0.3, 0.4) is 0 Å². The molecule has 1 aliphatic rings. The molecular formula is C15H22FN3O4S. The molecule has 0 saturated heterocycles. The van der Waals surface area contributed by atoms with Gasteiger partial charge in [-0.05, 0) is 24.0 Å². The summed E-state index contributed by atoms with van der Waals surface area (Å²) in [4.78, 5) is 12.6. The zero-order valence-corrected chi connectivity index (χ0v) is 14.7. The van der Waals surface area contributed by atoms with Gasteiger partial charge in [0.05, 0.1) is 11.4 Å². The van der Waals surface area contributed by atoms with Crippen molar-refractivity contribution >= 4 is 27.7 Å². The number of carboxylic acid groups (broad SMARTS) is 1. The second kappa shape index (κ2) is 6.46. The Bertz CT molecular complexity index is 731. The quantitative estimate of drug-likeness (QED) is 0.846. The Balaban J connectivity index is 2.05.